The van der Waals surface area contributed by atoms with Crippen molar-refractivity contribution in [2.24, 2.45) is 0 Å². The number of nitrogens with one attached hydrogen (secondary N) is 1. The highest BCUT2D eigenvalue weighted by atomic mass is 16.5. The Morgan fingerprint density at radius 3 is 2.85 bits per heavy atom. The van der Waals surface area contributed by atoms with Gasteiger partial charge >= 0.3 is 6.09 Å². The van der Waals surface area contributed by atoms with E-state index in [0.717, 1.165) is 19.3 Å². The maximum Gasteiger partial charge on any atom is 0.411 e. The van der Waals surface area contributed by atoms with E-state index in [1.54, 1.807) is 25.1 Å². The number of hydrogen-bond acceptors (Lipinski definition) is 3. The Balaban J connectivity index is 2.94. The van der Waals surface area contributed by atoms with E-state index in [2.05, 4.69) is 24.1 Å². The van der Waals surface area contributed by atoms with Crippen LogP contribution in [-0.2, 0) is 4.74 Å². The number of rotatable bonds is 4. The van der Waals surface area contributed by atoms with Crippen molar-refractivity contribution in [3.63, 3.8) is 0 Å². The highest BCUT2D eigenvalue weighted by molar-refractivity contribution is 5.87. The van der Waals surface area contributed by atoms with Gasteiger partial charge in [0.25, 0.3) is 0 Å². The summed E-state index contributed by atoms with van der Waals surface area (Å²) >= 11 is 0. The number of benzene rings is 1. The van der Waals surface area contributed by atoms with E-state index in [1.807, 2.05) is 6.07 Å². The van der Waals surface area contributed by atoms with E-state index in [1.165, 1.54) is 0 Å². The molecule has 1 N–H and O–H groups in total. The van der Waals surface area contributed by atoms with Gasteiger partial charge in [-0.25, -0.2) is 4.79 Å². The summed E-state index contributed by atoms with van der Waals surface area (Å²) < 4.78 is 4.84. The normalized spacial score (nSPS) is 9.05. The van der Waals surface area contributed by atoms with Gasteiger partial charge in [-0.05, 0) is 31.5 Å². The van der Waals surface area contributed by atoms with Gasteiger partial charge in [0.1, 0.15) is 0 Å². The van der Waals surface area contributed by atoms with E-state index in [-0.39, 0.29) is 0 Å². The zero-order valence-electron chi connectivity index (χ0n) is 11.8. The predicted octanol–water partition coefficient (Wildman–Crippen LogP) is 3.67. The molecule has 104 valence electrons. The fourth-order valence-corrected chi connectivity index (χ4v) is 1.53. The number of nitriles is 1. The Morgan fingerprint density at radius 1 is 1.40 bits per heavy atom. The smallest absolute Gasteiger partial charge is 0.411 e. The zero-order valence-corrected chi connectivity index (χ0v) is 11.8. The molecule has 0 atom stereocenters. The lowest BCUT2D eigenvalue weighted by molar-refractivity contribution is 0.168. The van der Waals surface area contributed by atoms with Gasteiger partial charge in [0.15, 0.2) is 0 Å². The molecule has 0 radical (unpaired) electrons. The molecular formula is C16H18N2O2. The lowest BCUT2D eigenvalue weighted by Gasteiger charge is -2.07. The van der Waals surface area contributed by atoms with E-state index in [9.17, 15) is 4.79 Å². The molecule has 0 spiro atoms. The molecule has 1 aromatic carbocycles. The summed E-state index contributed by atoms with van der Waals surface area (Å²) in [6.45, 7) is 4.13. The number of amides is 1. The van der Waals surface area contributed by atoms with Gasteiger partial charge in [-0.3, -0.25) is 5.32 Å². The molecule has 0 bridgehead atoms. The molecule has 0 saturated carbocycles. The van der Waals surface area contributed by atoms with Gasteiger partial charge in [0, 0.05) is 12.0 Å². The Morgan fingerprint density at radius 2 is 2.20 bits per heavy atom. The summed E-state index contributed by atoms with van der Waals surface area (Å²) in [5.74, 6) is 6.08. The molecule has 4 heteroatoms. The highest BCUT2D eigenvalue weighted by Gasteiger charge is 2.07. The van der Waals surface area contributed by atoms with Crippen molar-refractivity contribution in [2.45, 2.75) is 33.1 Å². The number of hydrogen-bond donors (Lipinski definition) is 1. The van der Waals surface area contributed by atoms with Crippen LogP contribution in [0.5, 0.6) is 0 Å². The summed E-state index contributed by atoms with van der Waals surface area (Å²) in [6, 6.07) is 7.05. The lowest BCUT2D eigenvalue weighted by Crippen LogP contribution is -2.14. The Bertz CT molecular complexity index is 562. The lowest BCUT2D eigenvalue weighted by atomic mass is 10.1. The van der Waals surface area contributed by atoms with Crippen LogP contribution in [0.3, 0.4) is 0 Å². The highest BCUT2D eigenvalue weighted by Crippen LogP contribution is 2.17. The Labute approximate surface area is 119 Å². The first-order valence-electron chi connectivity index (χ1n) is 6.68. The maximum absolute atomic E-state index is 11.5. The van der Waals surface area contributed by atoms with Crippen molar-refractivity contribution in [3.05, 3.63) is 29.3 Å². The first kappa shape index (κ1) is 15.6. The van der Waals surface area contributed by atoms with E-state index in [0.29, 0.717) is 23.4 Å². The number of carbonyl (C=O) groups is 1. The molecule has 4 nitrogen and oxygen atoms in total. The van der Waals surface area contributed by atoms with Crippen LogP contribution in [0.15, 0.2) is 18.2 Å². The standard InChI is InChI=1S/C16H18N2O2/c1-3-5-6-7-8-14-10-9-13(12-17)11-15(14)18-16(19)20-4-2/h9-11H,3-6H2,1-2H3,(H,18,19). The molecule has 0 saturated heterocycles. The molecule has 1 amide bonds. The van der Waals surface area contributed by atoms with Crippen LogP contribution in [0, 0.1) is 23.2 Å². The second-order valence-electron chi connectivity index (χ2n) is 4.12. The summed E-state index contributed by atoms with van der Waals surface area (Å²) in [6.07, 6.45) is 2.41. The predicted molar refractivity (Wildman–Crippen MR) is 78.2 cm³/mol. The molecule has 1 aromatic rings. The van der Waals surface area contributed by atoms with Crippen molar-refractivity contribution in [2.75, 3.05) is 11.9 Å². The molecular weight excluding hydrogens is 252 g/mol. The van der Waals surface area contributed by atoms with Gasteiger partial charge < -0.3 is 4.74 Å². The van der Waals surface area contributed by atoms with Crippen LogP contribution in [0.2, 0.25) is 0 Å². The van der Waals surface area contributed by atoms with Gasteiger partial charge in [-0.1, -0.05) is 25.2 Å². The van der Waals surface area contributed by atoms with E-state index >= 15 is 0 Å². The SMILES string of the molecule is CCCCC#Cc1ccc(C#N)cc1NC(=O)OCC. The van der Waals surface area contributed by atoms with Crippen LogP contribution >= 0.6 is 0 Å². The van der Waals surface area contributed by atoms with Crippen molar-refractivity contribution >= 4 is 11.8 Å². The van der Waals surface area contributed by atoms with Gasteiger partial charge in [0.05, 0.1) is 23.9 Å². The minimum absolute atomic E-state index is 0.293. The largest absolute Gasteiger partial charge is 0.450 e. The Hall–Kier alpha value is -2.46. The number of unbranched alkanes of at least 4 members (excludes halogenated alkanes) is 2. The van der Waals surface area contributed by atoms with Gasteiger partial charge in [-0.2, -0.15) is 5.26 Å². The summed E-state index contributed by atoms with van der Waals surface area (Å²) in [4.78, 5) is 11.5. The molecule has 0 aliphatic heterocycles. The number of carbonyl (C=O) groups excluding carboxylic acids is 1. The Kier molecular flexibility index (Phi) is 6.71. The van der Waals surface area contributed by atoms with Crippen molar-refractivity contribution in [1.82, 2.24) is 0 Å². The number of ether oxygens (including phenoxy) is 1. The molecule has 0 unspecified atom stereocenters. The average Bonchev–Trinajstić information content (AvgIpc) is 2.45. The first-order valence-corrected chi connectivity index (χ1v) is 6.68. The second kappa shape index (κ2) is 8.61. The third-order valence-electron chi connectivity index (χ3n) is 2.54. The van der Waals surface area contributed by atoms with E-state index in [4.69, 9.17) is 10.00 Å². The third-order valence-corrected chi connectivity index (χ3v) is 2.54. The van der Waals surface area contributed by atoms with Crippen molar-refractivity contribution < 1.29 is 9.53 Å². The fourth-order valence-electron chi connectivity index (χ4n) is 1.53. The molecule has 20 heavy (non-hydrogen) atoms. The molecule has 0 heterocycles. The molecule has 0 aromatic heterocycles. The number of nitrogens with zero attached hydrogens (tertiary/aromatic N) is 1. The van der Waals surface area contributed by atoms with Crippen molar-refractivity contribution in [3.8, 4) is 17.9 Å². The van der Waals surface area contributed by atoms with Crippen LogP contribution in [0.4, 0.5) is 10.5 Å². The first-order chi connectivity index (χ1) is 9.71. The van der Waals surface area contributed by atoms with Crippen LogP contribution in [-0.4, -0.2) is 12.7 Å². The monoisotopic (exact) mass is 270 g/mol. The van der Waals surface area contributed by atoms with E-state index < -0.39 is 6.09 Å². The molecule has 0 fully saturated rings. The molecule has 1 rings (SSSR count). The summed E-state index contributed by atoms with van der Waals surface area (Å²) in [5, 5.41) is 11.5. The van der Waals surface area contributed by atoms with Gasteiger partial charge in [-0.15, -0.1) is 0 Å². The molecule has 0 aliphatic carbocycles. The topological polar surface area (TPSA) is 62.1 Å². The fraction of sp³-hybridized carbons (Fsp3) is 0.375. The van der Waals surface area contributed by atoms with Crippen molar-refractivity contribution in [1.29, 1.82) is 5.26 Å². The van der Waals surface area contributed by atoms with Gasteiger partial charge in [0.2, 0.25) is 0 Å². The number of anilines is 1. The quantitative estimate of drug-likeness (QED) is 0.670. The van der Waals surface area contributed by atoms with Crippen LogP contribution in [0.1, 0.15) is 44.2 Å². The second-order valence-corrected chi connectivity index (χ2v) is 4.12. The maximum atomic E-state index is 11.5. The minimum atomic E-state index is -0.542. The zero-order chi connectivity index (χ0) is 14.8. The summed E-state index contributed by atoms with van der Waals surface area (Å²) in [7, 11) is 0. The third kappa shape index (κ3) is 5.04. The molecule has 0 aliphatic rings. The van der Waals surface area contributed by atoms with Crippen LogP contribution < -0.4 is 5.32 Å². The average molecular weight is 270 g/mol. The van der Waals surface area contributed by atoms with Crippen LogP contribution in [0.25, 0.3) is 0 Å². The summed E-state index contributed by atoms with van der Waals surface area (Å²) in [5.41, 5.74) is 1.66. The minimum Gasteiger partial charge on any atom is -0.450 e.